The number of nitrogens with zero attached hydrogens (tertiary/aromatic N) is 2. The Kier molecular flexibility index (Phi) is 3.92. The first-order valence-corrected chi connectivity index (χ1v) is 6.33. The van der Waals surface area contributed by atoms with Gasteiger partial charge in [0, 0.05) is 19.1 Å². The maximum Gasteiger partial charge on any atom is 0.0639 e. The Morgan fingerprint density at radius 2 is 2.06 bits per heavy atom. The number of anilines is 1. The predicted molar refractivity (Wildman–Crippen MR) is 71.8 cm³/mol. The highest BCUT2D eigenvalue weighted by molar-refractivity contribution is 6.33. The number of hydrogen-bond donors (Lipinski definition) is 1. The van der Waals surface area contributed by atoms with Crippen molar-refractivity contribution >= 4 is 17.3 Å². The monoisotopic (exact) mass is 254 g/mol. The van der Waals surface area contributed by atoms with Crippen LogP contribution in [0.4, 0.5) is 5.69 Å². The molecule has 0 bridgehead atoms. The van der Waals surface area contributed by atoms with Gasteiger partial charge in [0.2, 0.25) is 0 Å². The molecule has 2 atom stereocenters. The molecule has 1 aromatic rings. The number of aliphatic hydroxyl groups excluding tert-OH is 1. The SMILES string of the molecule is CC1CN(c2ccccc2Cl)CC(CO)N1C. The van der Waals surface area contributed by atoms with Crippen LogP contribution in [0.2, 0.25) is 5.02 Å². The highest BCUT2D eigenvalue weighted by atomic mass is 35.5. The quantitative estimate of drug-likeness (QED) is 0.873. The van der Waals surface area contributed by atoms with Gasteiger partial charge >= 0.3 is 0 Å². The van der Waals surface area contributed by atoms with Gasteiger partial charge in [-0.1, -0.05) is 23.7 Å². The summed E-state index contributed by atoms with van der Waals surface area (Å²) >= 11 is 6.21. The fourth-order valence-electron chi connectivity index (χ4n) is 2.36. The number of piperazine rings is 1. The van der Waals surface area contributed by atoms with Crippen molar-refractivity contribution in [3.05, 3.63) is 29.3 Å². The van der Waals surface area contributed by atoms with Crippen LogP contribution in [-0.4, -0.2) is 48.8 Å². The minimum absolute atomic E-state index is 0.176. The second kappa shape index (κ2) is 5.25. The molecular weight excluding hydrogens is 236 g/mol. The van der Waals surface area contributed by atoms with Gasteiger partial charge in [-0.3, -0.25) is 4.90 Å². The smallest absolute Gasteiger partial charge is 0.0639 e. The molecule has 1 aliphatic heterocycles. The average molecular weight is 255 g/mol. The molecule has 2 unspecified atom stereocenters. The van der Waals surface area contributed by atoms with Crippen LogP contribution in [-0.2, 0) is 0 Å². The van der Waals surface area contributed by atoms with E-state index >= 15 is 0 Å². The number of halogens is 1. The minimum Gasteiger partial charge on any atom is -0.395 e. The summed E-state index contributed by atoms with van der Waals surface area (Å²) in [5.74, 6) is 0. The lowest BCUT2D eigenvalue weighted by Gasteiger charge is -2.44. The first kappa shape index (κ1) is 12.7. The predicted octanol–water partition coefficient (Wildman–Crippen LogP) is 1.84. The van der Waals surface area contributed by atoms with Gasteiger partial charge in [0.25, 0.3) is 0 Å². The summed E-state index contributed by atoms with van der Waals surface area (Å²) in [6.45, 7) is 4.12. The van der Waals surface area contributed by atoms with Crippen molar-refractivity contribution in [2.24, 2.45) is 0 Å². The van der Waals surface area contributed by atoms with E-state index < -0.39 is 0 Å². The Labute approximate surface area is 108 Å². The molecule has 1 fully saturated rings. The second-order valence-electron chi connectivity index (χ2n) is 4.71. The van der Waals surface area contributed by atoms with Crippen LogP contribution in [0.15, 0.2) is 24.3 Å². The van der Waals surface area contributed by atoms with E-state index in [-0.39, 0.29) is 12.6 Å². The zero-order valence-electron chi connectivity index (χ0n) is 10.3. The first-order chi connectivity index (χ1) is 8.13. The lowest BCUT2D eigenvalue weighted by Crippen LogP contribution is -2.57. The topological polar surface area (TPSA) is 26.7 Å². The maximum atomic E-state index is 9.41. The summed E-state index contributed by atoms with van der Waals surface area (Å²) < 4.78 is 0. The fourth-order valence-corrected chi connectivity index (χ4v) is 2.61. The molecule has 0 aromatic heterocycles. The van der Waals surface area contributed by atoms with Crippen LogP contribution in [0.3, 0.4) is 0 Å². The molecule has 17 heavy (non-hydrogen) atoms. The van der Waals surface area contributed by atoms with Crippen LogP contribution >= 0.6 is 11.6 Å². The largest absolute Gasteiger partial charge is 0.395 e. The number of hydrogen-bond acceptors (Lipinski definition) is 3. The molecule has 0 radical (unpaired) electrons. The minimum atomic E-state index is 0.176. The second-order valence-corrected chi connectivity index (χ2v) is 5.11. The van der Waals surface area contributed by atoms with Crippen molar-refractivity contribution < 1.29 is 5.11 Å². The van der Waals surface area contributed by atoms with E-state index in [1.54, 1.807) is 0 Å². The zero-order chi connectivity index (χ0) is 12.4. The molecular formula is C13H19ClN2O. The van der Waals surface area contributed by atoms with Gasteiger partial charge in [0.05, 0.1) is 23.4 Å². The highest BCUT2D eigenvalue weighted by Crippen LogP contribution is 2.28. The lowest BCUT2D eigenvalue weighted by atomic mass is 10.1. The standard InChI is InChI=1S/C13H19ClN2O/c1-10-7-16(8-11(9-17)15(10)2)13-6-4-3-5-12(13)14/h3-6,10-11,17H,7-9H2,1-2H3. The summed E-state index contributed by atoms with van der Waals surface area (Å²) in [4.78, 5) is 4.49. The van der Waals surface area contributed by atoms with Gasteiger partial charge < -0.3 is 10.0 Å². The first-order valence-electron chi connectivity index (χ1n) is 5.95. The summed E-state index contributed by atoms with van der Waals surface area (Å²) in [7, 11) is 2.06. The Hall–Kier alpha value is -0.770. The van der Waals surface area contributed by atoms with Gasteiger partial charge in [-0.2, -0.15) is 0 Å². The van der Waals surface area contributed by atoms with Crippen molar-refractivity contribution in [2.75, 3.05) is 31.6 Å². The molecule has 2 rings (SSSR count). The highest BCUT2D eigenvalue weighted by Gasteiger charge is 2.29. The van der Waals surface area contributed by atoms with Crippen molar-refractivity contribution in [2.45, 2.75) is 19.0 Å². The molecule has 0 saturated carbocycles. The zero-order valence-corrected chi connectivity index (χ0v) is 11.1. The summed E-state index contributed by atoms with van der Waals surface area (Å²) in [6.07, 6.45) is 0. The Morgan fingerprint density at radius 1 is 1.35 bits per heavy atom. The molecule has 1 aliphatic rings. The molecule has 0 spiro atoms. The van der Waals surface area contributed by atoms with Gasteiger partial charge in [0.1, 0.15) is 0 Å². The third-order valence-electron chi connectivity index (χ3n) is 3.59. The summed E-state index contributed by atoms with van der Waals surface area (Å²) in [5, 5.41) is 10.2. The normalized spacial score (nSPS) is 26.2. The Morgan fingerprint density at radius 3 is 2.71 bits per heavy atom. The average Bonchev–Trinajstić information content (AvgIpc) is 2.33. The molecule has 1 aromatic carbocycles. The fraction of sp³-hybridized carbons (Fsp3) is 0.538. The van der Waals surface area contributed by atoms with Crippen LogP contribution in [0.5, 0.6) is 0 Å². The molecule has 0 aliphatic carbocycles. The van der Waals surface area contributed by atoms with Crippen LogP contribution in [0.1, 0.15) is 6.92 Å². The molecule has 0 amide bonds. The number of aliphatic hydroxyl groups is 1. The Balaban J connectivity index is 2.20. The molecule has 3 nitrogen and oxygen atoms in total. The van der Waals surface area contributed by atoms with Gasteiger partial charge in [-0.25, -0.2) is 0 Å². The van der Waals surface area contributed by atoms with E-state index in [2.05, 4.69) is 23.8 Å². The van der Waals surface area contributed by atoms with Gasteiger partial charge in [-0.05, 0) is 26.1 Å². The number of likely N-dealkylation sites (N-methyl/N-ethyl adjacent to an activating group) is 1. The molecule has 94 valence electrons. The molecule has 1 N–H and O–H groups in total. The number of para-hydroxylation sites is 1. The maximum absolute atomic E-state index is 9.41. The van der Waals surface area contributed by atoms with Crippen LogP contribution < -0.4 is 4.90 Å². The van der Waals surface area contributed by atoms with E-state index in [0.717, 1.165) is 23.8 Å². The van der Waals surface area contributed by atoms with E-state index in [0.29, 0.717) is 6.04 Å². The van der Waals surface area contributed by atoms with E-state index in [9.17, 15) is 5.11 Å². The van der Waals surface area contributed by atoms with Crippen LogP contribution in [0, 0.1) is 0 Å². The lowest BCUT2D eigenvalue weighted by molar-refractivity contribution is 0.0996. The number of benzene rings is 1. The third kappa shape index (κ3) is 2.57. The van der Waals surface area contributed by atoms with Crippen LogP contribution in [0.25, 0.3) is 0 Å². The van der Waals surface area contributed by atoms with E-state index in [1.807, 2.05) is 24.3 Å². The third-order valence-corrected chi connectivity index (χ3v) is 3.91. The van der Waals surface area contributed by atoms with Gasteiger partial charge in [0.15, 0.2) is 0 Å². The van der Waals surface area contributed by atoms with Crippen molar-refractivity contribution in [1.29, 1.82) is 0 Å². The Bertz CT molecular complexity index is 385. The van der Waals surface area contributed by atoms with Gasteiger partial charge in [-0.15, -0.1) is 0 Å². The summed E-state index contributed by atoms with van der Waals surface area (Å²) in [5.41, 5.74) is 1.06. The molecule has 4 heteroatoms. The molecule has 1 saturated heterocycles. The van der Waals surface area contributed by atoms with E-state index in [1.165, 1.54) is 0 Å². The van der Waals surface area contributed by atoms with Crippen molar-refractivity contribution in [1.82, 2.24) is 4.90 Å². The summed E-state index contributed by atoms with van der Waals surface area (Å²) in [6, 6.07) is 8.47. The molecule has 1 heterocycles. The van der Waals surface area contributed by atoms with Crippen molar-refractivity contribution in [3.63, 3.8) is 0 Å². The van der Waals surface area contributed by atoms with E-state index in [4.69, 9.17) is 11.6 Å². The van der Waals surface area contributed by atoms with Crippen molar-refractivity contribution in [3.8, 4) is 0 Å². The number of rotatable bonds is 2.